The summed E-state index contributed by atoms with van der Waals surface area (Å²) in [5, 5.41) is 3.16. The molecule has 7 heteroatoms. The van der Waals surface area contributed by atoms with Crippen LogP contribution in [0.4, 0.5) is 0 Å². The maximum atomic E-state index is 12.9. The molecule has 0 spiro atoms. The lowest BCUT2D eigenvalue weighted by Gasteiger charge is -2.26. The van der Waals surface area contributed by atoms with E-state index < -0.39 is 5.97 Å². The first-order valence-electron chi connectivity index (χ1n) is 8.99. The highest BCUT2D eigenvalue weighted by atomic mass is 16.5. The molecule has 0 bridgehead atoms. The van der Waals surface area contributed by atoms with Crippen LogP contribution in [0, 0.1) is 0 Å². The van der Waals surface area contributed by atoms with Crippen LogP contribution < -0.4 is 10.3 Å². The Morgan fingerprint density at radius 1 is 1.07 bits per heavy atom. The lowest BCUT2D eigenvalue weighted by molar-refractivity contribution is -0.131. The monoisotopic (exact) mass is 377 g/mol. The molecule has 0 saturated carbocycles. The second-order valence-corrected chi connectivity index (χ2v) is 6.64. The van der Waals surface area contributed by atoms with E-state index in [1.807, 2.05) is 30.3 Å². The van der Waals surface area contributed by atoms with Crippen molar-refractivity contribution >= 4 is 11.9 Å². The third kappa shape index (κ3) is 3.34. The Hall–Kier alpha value is -3.61. The van der Waals surface area contributed by atoms with Crippen LogP contribution in [0.25, 0.3) is 5.69 Å². The Kier molecular flexibility index (Phi) is 4.57. The van der Waals surface area contributed by atoms with Gasteiger partial charge in [0.15, 0.2) is 0 Å². The van der Waals surface area contributed by atoms with E-state index >= 15 is 0 Å². The van der Waals surface area contributed by atoms with E-state index in [1.165, 1.54) is 11.6 Å². The molecule has 0 aliphatic carbocycles. The molecule has 0 atom stereocenters. The number of carbonyl (C=O) groups excluding carboxylic acids is 2. The van der Waals surface area contributed by atoms with Crippen LogP contribution in [0.1, 0.15) is 28.5 Å². The number of H-pyrrole nitrogens is 1. The van der Waals surface area contributed by atoms with Crippen molar-refractivity contribution in [3.05, 3.63) is 81.8 Å². The van der Waals surface area contributed by atoms with Crippen LogP contribution >= 0.6 is 0 Å². The summed E-state index contributed by atoms with van der Waals surface area (Å²) >= 11 is 0. The predicted octanol–water partition coefficient (Wildman–Crippen LogP) is 2.29. The Balaban J connectivity index is 1.59. The van der Waals surface area contributed by atoms with Gasteiger partial charge in [0.25, 0.3) is 11.5 Å². The molecule has 0 radical (unpaired) electrons. The number of rotatable bonds is 3. The molecule has 142 valence electrons. The van der Waals surface area contributed by atoms with Crippen molar-refractivity contribution in [2.45, 2.75) is 19.9 Å². The number of fused-ring (bicyclic) bond motifs is 1. The van der Waals surface area contributed by atoms with Gasteiger partial charge in [0.2, 0.25) is 0 Å². The first-order chi connectivity index (χ1) is 13.5. The maximum absolute atomic E-state index is 12.9. The summed E-state index contributed by atoms with van der Waals surface area (Å²) in [6.07, 6.45) is 0.569. The van der Waals surface area contributed by atoms with Crippen molar-refractivity contribution in [1.82, 2.24) is 14.7 Å². The molecule has 0 unspecified atom stereocenters. The zero-order valence-electron chi connectivity index (χ0n) is 15.3. The van der Waals surface area contributed by atoms with Crippen molar-refractivity contribution in [3.8, 4) is 11.4 Å². The van der Waals surface area contributed by atoms with Gasteiger partial charge < -0.3 is 9.64 Å². The Labute approximate surface area is 161 Å². The van der Waals surface area contributed by atoms with E-state index in [0.717, 1.165) is 11.4 Å². The molecule has 28 heavy (non-hydrogen) atoms. The minimum atomic E-state index is -0.444. The standard InChI is InChI=1S/C21H19N3O4/c1-14(25)28-17-9-5-6-15(12-17)20(26)23-11-10-19-18(13-23)21(27)24(22-19)16-7-3-2-4-8-16/h2-9,12,22H,10-11,13H2,1H3. The van der Waals surface area contributed by atoms with Gasteiger partial charge in [0, 0.05) is 31.1 Å². The van der Waals surface area contributed by atoms with Gasteiger partial charge >= 0.3 is 5.97 Å². The number of hydrogen-bond donors (Lipinski definition) is 1. The zero-order chi connectivity index (χ0) is 19.7. The second-order valence-electron chi connectivity index (χ2n) is 6.64. The molecule has 0 saturated heterocycles. The summed E-state index contributed by atoms with van der Waals surface area (Å²) in [7, 11) is 0. The highest BCUT2D eigenvalue weighted by molar-refractivity contribution is 5.94. The van der Waals surface area contributed by atoms with Gasteiger partial charge in [-0.15, -0.1) is 0 Å². The highest BCUT2D eigenvalue weighted by Gasteiger charge is 2.27. The number of para-hydroxylation sites is 1. The van der Waals surface area contributed by atoms with Crippen molar-refractivity contribution in [3.63, 3.8) is 0 Å². The van der Waals surface area contributed by atoms with Gasteiger partial charge in [-0.3, -0.25) is 19.5 Å². The van der Waals surface area contributed by atoms with Gasteiger partial charge in [-0.2, -0.15) is 0 Å². The summed E-state index contributed by atoms with van der Waals surface area (Å²) < 4.78 is 6.57. The first-order valence-corrected chi connectivity index (χ1v) is 8.99. The summed E-state index contributed by atoms with van der Waals surface area (Å²) in [5.74, 6) is -0.323. The molecule has 2 heterocycles. The van der Waals surface area contributed by atoms with Crippen molar-refractivity contribution in [2.75, 3.05) is 6.54 Å². The largest absolute Gasteiger partial charge is 0.427 e. The molecule has 1 aromatic heterocycles. The molecule has 2 aromatic carbocycles. The summed E-state index contributed by atoms with van der Waals surface area (Å²) in [4.78, 5) is 38.5. The highest BCUT2D eigenvalue weighted by Crippen LogP contribution is 2.20. The zero-order valence-corrected chi connectivity index (χ0v) is 15.3. The summed E-state index contributed by atoms with van der Waals surface area (Å²) in [5.41, 5.74) is 2.48. The van der Waals surface area contributed by atoms with Gasteiger partial charge in [-0.1, -0.05) is 24.3 Å². The van der Waals surface area contributed by atoms with Crippen LogP contribution in [0.15, 0.2) is 59.4 Å². The van der Waals surface area contributed by atoms with Gasteiger partial charge in [0.1, 0.15) is 5.75 Å². The molecule has 4 rings (SSSR count). The minimum Gasteiger partial charge on any atom is -0.427 e. The third-order valence-electron chi connectivity index (χ3n) is 4.70. The lowest BCUT2D eigenvalue weighted by Crippen LogP contribution is -2.37. The molecule has 7 nitrogen and oxygen atoms in total. The Morgan fingerprint density at radius 3 is 2.61 bits per heavy atom. The number of carbonyl (C=O) groups is 2. The molecule has 1 aliphatic rings. The van der Waals surface area contributed by atoms with E-state index in [0.29, 0.717) is 29.8 Å². The molecule has 1 amide bonds. The quantitative estimate of drug-likeness (QED) is 0.561. The van der Waals surface area contributed by atoms with Crippen molar-refractivity contribution in [1.29, 1.82) is 0 Å². The molecular formula is C21H19N3O4. The normalized spacial score (nSPS) is 13.1. The molecular weight excluding hydrogens is 358 g/mol. The molecule has 1 aliphatic heterocycles. The fourth-order valence-corrected chi connectivity index (χ4v) is 3.38. The average Bonchev–Trinajstić information content (AvgIpc) is 3.04. The van der Waals surface area contributed by atoms with Crippen LogP contribution in [0.2, 0.25) is 0 Å². The topological polar surface area (TPSA) is 84.4 Å². The predicted molar refractivity (Wildman–Crippen MR) is 103 cm³/mol. The first kappa shape index (κ1) is 17.8. The maximum Gasteiger partial charge on any atom is 0.308 e. The van der Waals surface area contributed by atoms with Crippen LogP contribution in [-0.2, 0) is 17.8 Å². The number of benzene rings is 2. The van der Waals surface area contributed by atoms with E-state index in [2.05, 4.69) is 5.10 Å². The molecule has 0 fully saturated rings. The minimum absolute atomic E-state index is 0.146. The van der Waals surface area contributed by atoms with E-state index in [-0.39, 0.29) is 18.0 Å². The third-order valence-corrected chi connectivity index (χ3v) is 4.70. The number of aromatic nitrogens is 2. The lowest BCUT2D eigenvalue weighted by atomic mass is 10.1. The van der Waals surface area contributed by atoms with Gasteiger partial charge in [0.05, 0.1) is 17.8 Å². The Morgan fingerprint density at radius 2 is 1.86 bits per heavy atom. The van der Waals surface area contributed by atoms with E-state index in [9.17, 15) is 14.4 Å². The fourth-order valence-electron chi connectivity index (χ4n) is 3.38. The number of amides is 1. The van der Waals surface area contributed by atoms with Crippen LogP contribution in [0.3, 0.4) is 0 Å². The fraction of sp³-hybridized carbons (Fsp3) is 0.190. The van der Waals surface area contributed by atoms with Crippen LogP contribution in [-0.4, -0.2) is 33.1 Å². The van der Waals surface area contributed by atoms with Gasteiger partial charge in [-0.25, -0.2) is 4.68 Å². The number of nitrogens with zero attached hydrogens (tertiary/aromatic N) is 2. The summed E-state index contributed by atoms with van der Waals surface area (Å²) in [6.45, 7) is 2.05. The number of hydrogen-bond acceptors (Lipinski definition) is 4. The van der Waals surface area contributed by atoms with Crippen LogP contribution in [0.5, 0.6) is 5.75 Å². The number of ether oxygens (including phenoxy) is 1. The number of esters is 1. The number of nitrogens with one attached hydrogen (secondary N) is 1. The van der Waals surface area contributed by atoms with E-state index in [1.54, 1.807) is 29.2 Å². The van der Waals surface area contributed by atoms with Gasteiger partial charge in [-0.05, 0) is 30.3 Å². The summed E-state index contributed by atoms with van der Waals surface area (Å²) in [6, 6.07) is 15.8. The van der Waals surface area contributed by atoms with Crippen molar-refractivity contribution < 1.29 is 14.3 Å². The smallest absolute Gasteiger partial charge is 0.308 e. The number of aromatic amines is 1. The molecule has 3 aromatic rings. The van der Waals surface area contributed by atoms with Crippen molar-refractivity contribution in [2.24, 2.45) is 0 Å². The average molecular weight is 377 g/mol. The molecule has 1 N–H and O–H groups in total. The second kappa shape index (κ2) is 7.19. The SMILES string of the molecule is CC(=O)Oc1cccc(C(=O)N2CCc3[nH]n(-c4ccccc4)c(=O)c3C2)c1. The van der Waals surface area contributed by atoms with E-state index in [4.69, 9.17) is 4.74 Å². The Bertz CT molecular complexity index is 1100.